The van der Waals surface area contributed by atoms with Crippen LogP contribution in [0.1, 0.15) is 48.8 Å². The maximum Gasteiger partial charge on any atom is 0.119 e. The van der Waals surface area contributed by atoms with Gasteiger partial charge in [0.2, 0.25) is 0 Å². The molecule has 3 atom stereocenters. The molecule has 1 saturated heterocycles. The molecular weight excluding hydrogens is 330 g/mol. The van der Waals surface area contributed by atoms with Gasteiger partial charge in [-0.1, -0.05) is 49.2 Å². The van der Waals surface area contributed by atoms with Crippen LogP contribution in [0, 0.1) is 5.92 Å². The number of ether oxygens (including phenoxy) is 1. The Bertz CT molecular complexity index is 801. The van der Waals surface area contributed by atoms with E-state index in [-0.39, 0.29) is 0 Å². The van der Waals surface area contributed by atoms with E-state index in [1.54, 1.807) is 18.2 Å². The van der Waals surface area contributed by atoms with E-state index in [0.29, 0.717) is 5.41 Å². The van der Waals surface area contributed by atoms with Crippen molar-refractivity contribution in [2.75, 3.05) is 20.2 Å². The second-order valence-corrected chi connectivity index (χ2v) is 8.82. The third-order valence-electron chi connectivity index (χ3n) is 7.69. The zero-order chi connectivity index (χ0) is 18.3. The Labute approximate surface area is 163 Å². The van der Waals surface area contributed by atoms with Crippen molar-refractivity contribution in [2.45, 2.75) is 56.4 Å². The third-order valence-corrected chi connectivity index (χ3v) is 7.69. The van der Waals surface area contributed by atoms with Gasteiger partial charge in [-0.25, -0.2) is 0 Å². The van der Waals surface area contributed by atoms with Crippen LogP contribution in [-0.4, -0.2) is 31.1 Å². The predicted molar refractivity (Wildman–Crippen MR) is 110 cm³/mol. The van der Waals surface area contributed by atoms with Gasteiger partial charge in [-0.3, -0.25) is 4.90 Å². The molecule has 0 aromatic heterocycles. The zero-order valence-corrected chi connectivity index (χ0v) is 16.5. The number of piperidine rings is 1. The molecule has 2 aromatic carbocycles. The minimum atomic E-state index is 0.411. The zero-order valence-electron chi connectivity index (χ0n) is 16.5. The van der Waals surface area contributed by atoms with Crippen molar-refractivity contribution in [3.8, 4) is 5.75 Å². The maximum atomic E-state index is 5.59. The predicted octanol–water partition coefficient (Wildman–Crippen LogP) is 5.00. The minimum absolute atomic E-state index is 0.411. The molecule has 2 nitrogen and oxygen atoms in total. The molecular formula is C25H31NO. The highest BCUT2D eigenvalue weighted by atomic mass is 16.5. The number of hydrogen-bond acceptors (Lipinski definition) is 2. The van der Waals surface area contributed by atoms with Crippen LogP contribution < -0.4 is 4.74 Å². The Hall–Kier alpha value is -1.80. The molecule has 0 N–H and O–H groups in total. The molecule has 2 fully saturated rings. The number of rotatable bonds is 4. The highest BCUT2D eigenvalue weighted by Crippen LogP contribution is 2.56. The number of likely N-dealkylation sites (tertiary alicyclic amines) is 1. The number of nitrogens with zero attached hydrogens (tertiary/aromatic N) is 1. The van der Waals surface area contributed by atoms with E-state index in [1.807, 2.05) is 0 Å². The number of hydrogen-bond donors (Lipinski definition) is 0. The van der Waals surface area contributed by atoms with Gasteiger partial charge < -0.3 is 4.74 Å². The monoisotopic (exact) mass is 361 g/mol. The van der Waals surface area contributed by atoms with Gasteiger partial charge in [-0.2, -0.15) is 0 Å². The molecule has 2 bridgehead atoms. The van der Waals surface area contributed by atoms with Gasteiger partial charge in [0.05, 0.1) is 7.11 Å². The average molecular weight is 362 g/mol. The van der Waals surface area contributed by atoms with Crippen LogP contribution in [0.25, 0.3) is 0 Å². The van der Waals surface area contributed by atoms with E-state index in [1.165, 1.54) is 63.6 Å². The molecule has 1 saturated carbocycles. The fourth-order valence-corrected chi connectivity index (χ4v) is 6.39. The van der Waals surface area contributed by atoms with E-state index in [2.05, 4.69) is 53.4 Å². The van der Waals surface area contributed by atoms with Gasteiger partial charge in [0, 0.05) is 18.0 Å². The van der Waals surface area contributed by atoms with E-state index < -0.39 is 0 Å². The Kier molecular flexibility index (Phi) is 4.47. The fraction of sp³-hybridized carbons (Fsp3) is 0.520. The van der Waals surface area contributed by atoms with Crippen molar-refractivity contribution in [3.63, 3.8) is 0 Å². The Morgan fingerprint density at radius 3 is 2.81 bits per heavy atom. The van der Waals surface area contributed by atoms with E-state index in [4.69, 9.17) is 4.74 Å². The first-order valence-corrected chi connectivity index (χ1v) is 10.8. The van der Waals surface area contributed by atoms with Gasteiger partial charge in [0.15, 0.2) is 0 Å². The van der Waals surface area contributed by atoms with Gasteiger partial charge in [0.25, 0.3) is 0 Å². The number of fused-ring (bicyclic) bond motifs is 1. The van der Waals surface area contributed by atoms with Crippen molar-refractivity contribution in [1.29, 1.82) is 0 Å². The lowest BCUT2D eigenvalue weighted by molar-refractivity contribution is -0.0106. The highest BCUT2D eigenvalue weighted by molar-refractivity contribution is 5.45. The van der Waals surface area contributed by atoms with Crippen molar-refractivity contribution < 1.29 is 4.74 Å². The molecule has 0 amide bonds. The van der Waals surface area contributed by atoms with Crippen LogP contribution in [-0.2, 0) is 18.3 Å². The first-order valence-electron chi connectivity index (χ1n) is 10.8. The first-order chi connectivity index (χ1) is 13.3. The Morgan fingerprint density at radius 2 is 1.96 bits per heavy atom. The molecule has 3 aliphatic rings. The summed E-state index contributed by atoms with van der Waals surface area (Å²) in [6.07, 6.45) is 9.30. The molecule has 1 heterocycles. The summed E-state index contributed by atoms with van der Waals surface area (Å²) in [6, 6.07) is 18.6. The number of benzene rings is 2. The molecule has 2 aliphatic carbocycles. The van der Waals surface area contributed by atoms with Gasteiger partial charge >= 0.3 is 0 Å². The second kappa shape index (κ2) is 6.98. The van der Waals surface area contributed by atoms with Crippen molar-refractivity contribution in [1.82, 2.24) is 4.90 Å². The van der Waals surface area contributed by atoms with Crippen LogP contribution in [0.15, 0.2) is 48.5 Å². The minimum Gasteiger partial charge on any atom is -0.497 e. The lowest BCUT2D eigenvalue weighted by Crippen LogP contribution is -2.61. The molecule has 2 heteroatoms. The molecule has 0 unspecified atom stereocenters. The van der Waals surface area contributed by atoms with E-state index >= 15 is 0 Å². The quantitative estimate of drug-likeness (QED) is 0.760. The molecule has 142 valence electrons. The van der Waals surface area contributed by atoms with Gasteiger partial charge in [-0.05, 0) is 73.4 Å². The largest absolute Gasteiger partial charge is 0.497 e. The van der Waals surface area contributed by atoms with Crippen LogP contribution >= 0.6 is 0 Å². The lowest BCUT2D eigenvalue weighted by atomic mass is 9.52. The molecule has 1 aliphatic heterocycles. The molecule has 0 radical (unpaired) electrons. The summed E-state index contributed by atoms with van der Waals surface area (Å²) < 4.78 is 5.59. The normalized spacial score (nSPS) is 29.7. The van der Waals surface area contributed by atoms with E-state index in [9.17, 15) is 0 Å². The third kappa shape index (κ3) is 2.89. The lowest BCUT2D eigenvalue weighted by Gasteiger charge is -2.59. The summed E-state index contributed by atoms with van der Waals surface area (Å²) in [4.78, 5) is 2.83. The molecule has 0 spiro atoms. The van der Waals surface area contributed by atoms with Gasteiger partial charge in [0.1, 0.15) is 5.75 Å². The first kappa shape index (κ1) is 17.3. The smallest absolute Gasteiger partial charge is 0.119 e. The molecule has 2 aromatic rings. The highest BCUT2D eigenvalue weighted by Gasteiger charge is 2.53. The van der Waals surface area contributed by atoms with Crippen LogP contribution in [0.2, 0.25) is 0 Å². The van der Waals surface area contributed by atoms with Crippen molar-refractivity contribution in [3.05, 3.63) is 65.2 Å². The summed E-state index contributed by atoms with van der Waals surface area (Å²) in [6.45, 7) is 2.46. The summed E-state index contributed by atoms with van der Waals surface area (Å²) >= 11 is 0. The Morgan fingerprint density at radius 1 is 1.07 bits per heavy atom. The van der Waals surface area contributed by atoms with Crippen LogP contribution in [0.3, 0.4) is 0 Å². The topological polar surface area (TPSA) is 12.5 Å². The SMILES string of the molecule is COc1ccc2c(c1)[C@]13CCCC[C@@H]1[C@@H](C2)N(CCc1ccccc1)CC3. The fourth-order valence-electron chi connectivity index (χ4n) is 6.39. The summed E-state index contributed by atoms with van der Waals surface area (Å²) in [5.74, 6) is 1.87. The Balaban J connectivity index is 1.45. The second-order valence-electron chi connectivity index (χ2n) is 8.82. The van der Waals surface area contributed by atoms with E-state index in [0.717, 1.165) is 17.7 Å². The van der Waals surface area contributed by atoms with Crippen LogP contribution in [0.4, 0.5) is 0 Å². The van der Waals surface area contributed by atoms with Crippen molar-refractivity contribution in [2.24, 2.45) is 5.92 Å². The molecule has 5 rings (SSSR count). The standard InChI is InChI=1S/C25H31NO/c1-27-21-11-10-20-17-24-22-9-5-6-13-25(22,23(20)18-21)14-16-26(24)15-12-19-7-3-2-4-8-19/h2-4,7-8,10-11,18,22,24H,5-6,9,12-17H2,1H3/t22-,24-,25+/m1/s1. The summed E-state index contributed by atoms with van der Waals surface area (Å²) in [5, 5.41) is 0. The van der Waals surface area contributed by atoms with Crippen molar-refractivity contribution >= 4 is 0 Å². The number of methoxy groups -OCH3 is 1. The average Bonchev–Trinajstić information content (AvgIpc) is 2.73. The molecule has 27 heavy (non-hydrogen) atoms. The van der Waals surface area contributed by atoms with Crippen LogP contribution in [0.5, 0.6) is 5.75 Å². The van der Waals surface area contributed by atoms with Gasteiger partial charge in [-0.15, -0.1) is 0 Å². The summed E-state index contributed by atoms with van der Waals surface area (Å²) in [7, 11) is 1.80. The maximum absolute atomic E-state index is 5.59. The summed E-state index contributed by atoms with van der Waals surface area (Å²) in [5.41, 5.74) is 5.10.